The van der Waals surface area contributed by atoms with Crippen LogP contribution in [0, 0.1) is 0 Å². The van der Waals surface area contributed by atoms with Crippen LogP contribution in [-0.4, -0.2) is 30.4 Å². The molecule has 0 radical (unpaired) electrons. The van der Waals surface area contributed by atoms with Crippen LogP contribution in [0.4, 0.5) is 5.69 Å². The zero-order chi connectivity index (χ0) is 18.9. The van der Waals surface area contributed by atoms with Gasteiger partial charge in [-0.05, 0) is 29.8 Å². The summed E-state index contributed by atoms with van der Waals surface area (Å²) in [6.07, 6.45) is 0.287. The summed E-state index contributed by atoms with van der Waals surface area (Å²) in [5.41, 5.74) is 6.80. The summed E-state index contributed by atoms with van der Waals surface area (Å²) in [6.45, 7) is 1.19. The number of anilines is 1. The van der Waals surface area contributed by atoms with Gasteiger partial charge in [-0.25, -0.2) is 4.79 Å². The van der Waals surface area contributed by atoms with E-state index in [1.165, 1.54) is 6.92 Å². The summed E-state index contributed by atoms with van der Waals surface area (Å²) in [5, 5.41) is 5.20. The summed E-state index contributed by atoms with van der Waals surface area (Å²) in [5.74, 6) is -0.918. The molecule has 0 unspecified atom stereocenters. The number of carbonyl (C=O) groups is 3. The fourth-order valence-corrected chi connectivity index (χ4v) is 2.29. The molecular formula is C19H21N3O4. The number of rotatable bonds is 7. The van der Waals surface area contributed by atoms with Crippen LogP contribution in [0.5, 0.6) is 5.75 Å². The smallest absolute Gasteiger partial charge is 0.334 e. The van der Waals surface area contributed by atoms with Gasteiger partial charge >= 0.3 is 5.97 Å². The van der Waals surface area contributed by atoms with Gasteiger partial charge < -0.3 is 21.1 Å². The average Bonchev–Trinajstić information content (AvgIpc) is 2.63. The van der Waals surface area contributed by atoms with Crippen molar-refractivity contribution < 1.29 is 19.1 Å². The Balaban J connectivity index is 2.07. The number of nitrogens with one attached hydrogen (secondary N) is 2. The largest absolute Gasteiger partial charge is 0.425 e. The number of nitrogens with two attached hydrogens (primary N) is 1. The van der Waals surface area contributed by atoms with E-state index in [9.17, 15) is 14.4 Å². The van der Waals surface area contributed by atoms with Gasteiger partial charge in [-0.1, -0.05) is 30.3 Å². The van der Waals surface area contributed by atoms with Crippen molar-refractivity contribution in [3.8, 4) is 5.75 Å². The Morgan fingerprint density at radius 2 is 1.69 bits per heavy atom. The molecule has 0 saturated carbocycles. The highest BCUT2D eigenvalue weighted by Gasteiger charge is 2.23. The van der Waals surface area contributed by atoms with E-state index in [2.05, 4.69) is 10.6 Å². The molecule has 0 aromatic heterocycles. The van der Waals surface area contributed by atoms with Gasteiger partial charge in [-0.15, -0.1) is 0 Å². The second-order valence-electron chi connectivity index (χ2n) is 5.64. The minimum atomic E-state index is -0.858. The monoisotopic (exact) mass is 355 g/mol. The number of amides is 2. The van der Waals surface area contributed by atoms with Crippen molar-refractivity contribution in [2.45, 2.75) is 19.4 Å². The predicted octanol–water partition coefficient (Wildman–Crippen LogP) is 1.24. The van der Waals surface area contributed by atoms with Crippen molar-refractivity contribution in [2.75, 3.05) is 11.9 Å². The second kappa shape index (κ2) is 9.33. The molecule has 1 atom stereocenters. The van der Waals surface area contributed by atoms with Gasteiger partial charge in [0.05, 0.1) is 6.54 Å². The van der Waals surface area contributed by atoms with Gasteiger partial charge in [0.2, 0.25) is 11.8 Å². The zero-order valence-electron chi connectivity index (χ0n) is 14.4. The first-order valence-corrected chi connectivity index (χ1v) is 8.10. The summed E-state index contributed by atoms with van der Waals surface area (Å²) in [6, 6.07) is 14.8. The average molecular weight is 355 g/mol. The molecule has 0 saturated heterocycles. The van der Waals surface area contributed by atoms with E-state index in [0.29, 0.717) is 11.4 Å². The summed E-state index contributed by atoms with van der Waals surface area (Å²) >= 11 is 0. The van der Waals surface area contributed by atoms with Crippen molar-refractivity contribution in [3.63, 3.8) is 0 Å². The first-order valence-electron chi connectivity index (χ1n) is 8.10. The zero-order valence-corrected chi connectivity index (χ0v) is 14.4. The lowest BCUT2D eigenvalue weighted by Gasteiger charge is -2.17. The molecule has 136 valence electrons. The first kappa shape index (κ1) is 19.1. The number of hydrogen-bond donors (Lipinski definition) is 3. The Morgan fingerprint density at radius 1 is 1.04 bits per heavy atom. The molecule has 0 fully saturated rings. The maximum atomic E-state index is 12.5. The van der Waals surface area contributed by atoms with Crippen molar-refractivity contribution in [3.05, 3.63) is 60.2 Å². The molecule has 0 bridgehead atoms. The van der Waals surface area contributed by atoms with Crippen molar-refractivity contribution in [2.24, 2.45) is 5.73 Å². The van der Waals surface area contributed by atoms with Crippen molar-refractivity contribution in [1.29, 1.82) is 0 Å². The molecule has 7 nitrogen and oxygen atoms in total. The lowest BCUT2D eigenvalue weighted by atomic mass is 10.1. The van der Waals surface area contributed by atoms with Crippen molar-refractivity contribution >= 4 is 23.5 Å². The molecule has 2 aromatic rings. The molecule has 0 aliphatic heterocycles. The molecule has 2 rings (SSSR count). The van der Waals surface area contributed by atoms with Gasteiger partial charge in [0.1, 0.15) is 11.8 Å². The quantitative estimate of drug-likeness (QED) is 0.511. The maximum Gasteiger partial charge on any atom is 0.334 e. The third-order valence-electron chi connectivity index (χ3n) is 3.48. The van der Waals surface area contributed by atoms with Gasteiger partial charge in [-0.2, -0.15) is 0 Å². The number of benzene rings is 2. The number of esters is 1. The normalized spacial score (nSPS) is 11.3. The van der Waals surface area contributed by atoms with E-state index in [1.807, 2.05) is 30.3 Å². The van der Waals surface area contributed by atoms with Crippen molar-refractivity contribution in [1.82, 2.24) is 5.32 Å². The third-order valence-corrected chi connectivity index (χ3v) is 3.48. The second-order valence-corrected chi connectivity index (χ2v) is 5.64. The van der Waals surface area contributed by atoms with Crippen LogP contribution in [0.1, 0.15) is 12.5 Å². The highest BCUT2D eigenvalue weighted by Crippen LogP contribution is 2.17. The first-order chi connectivity index (χ1) is 12.5. The van der Waals surface area contributed by atoms with Gasteiger partial charge in [-0.3, -0.25) is 9.59 Å². The number of carbonyl (C=O) groups excluding carboxylic acids is 3. The fraction of sp³-hybridized carbons (Fsp3) is 0.211. The summed E-state index contributed by atoms with van der Waals surface area (Å²) in [4.78, 5) is 35.1. The SMILES string of the molecule is CC(=O)Nc1ccc(OC(=O)[C@H](Cc2ccccc2)NC(=O)CN)cc1. The third kappa shape index (κ3) is 6.03. The molecule has 26 heavy (non-hydrogen) atoms. The standard InChI is InChI=1S/C19H21N3O4/c1-13(23)21-15-7-9-16(10-8-15)26-19(25)17(22-18(24)12-20)11-14-5-3-2-4-6-14/h2-10,17H,11-12,20H2,1H3,(H,21,23)(H,22,24)/t17-/m0/s1. The molecular weight excluding hydrogens is 334 g/mol. The van der Waals surface area contributed by atoms with E-state index in [0.717, 1.165) is 5.56 Å². The molecule has 4 N–H and O–H groups in total. The number of ether oxygens (including phenoxy) is 1. The highest BCUT2D eigenvalue weighted by molar-refractivity contribution is 5.89. The van der Waals surface area contributed by atoms with Crippen LogP contribution < -0.4 is 21.1 Å². The summed E-state index contributed by atoms with van der Waals surface area (Å²) in [7, 11) is 0. The molecule has 2 aromatic carbocycles. The van der Waals surface area contributed by atoms with Crippen LogP contribution in [0.25, 0.3) is 0 Å². The molecule has 2 amide bonds. The predicted molar refractivity (Wildman–Crippen MR) is 97.5 cm³/mol. The molecule has 0 aliphatic carbocycles. The van der Waals surface area contributed by atoms with Crippen LogP contribution in [0.15, 0.2) is 54.6 Å². The Labute approximate surface area is 151 Å². The van der Waals surface area contributed by atoms with E-state index in [1.54, 1.807) is 24.3 Å². The van der Waals surface area contributed by atoms with Gasteiger partial charge in [0.15, 0.2) is 0 Å². The van der Waals surface area contributed by atoms with E-state index in [-0.39, 0.29) is 18.9 Å². The van der Waals surface area contributed by atoms with Gasteiger partial charge in [0.25, 0.3) is 0 Å². The van der Waals surface area contributed by atoms with Crippen LogP contribution in [0.2, 0.25) is 0 Å². The molecule has 0 heterocycles. The fourth-order valence-electron chi connectivity index (χ4n) is 2.29. The van der Waals surface area contributed by atoms with Crippen LogP contribution in [-0.2, 0) is 20.8 Å². The molecule has 0 spiro atoms. The Bertz CT molecular complexity index is 760. The topological polar surface area (TPSA) is 111 Å². The highest BCUT2D eigenvalue weighted by atomic mass is 16.5. The minimum Gasteiger partial charge on any atom is -0.425 e. The van der Waals surface area contributed by atoms with Crippen LogP contribution >= 0.6 is 0 Å². The van der Waals surface area contributed by atoms with E-state index >= 15 is 0 Å². The lowest BCUT2D eigenvalue weighted by Crippen LogP contribution is -2.46. The minimum absolute atomic E-state index is 0.192. The van der Waals surface area contributed by atoms with Gasteiger partial charge in [0, 0.05) is 19.0 Å². The Hall–Kier alpha value is -3.19. The Morgan fingerprint density at radius 3 is 2.27 bits per heavy atom. The van der Waals surface area contributed by atoms with E-state index in [4.69, 9.17) is 10.5 Å². The molecule has 7 heteroatoms. The number of hydrogen-bond acceptors (Lipinski definition) is 5. The summed E-state index contributed by atoms with van der Waals surface area (Å²) < 4.78 is 5.35. The maximum absolute atomic E-state index is 12.5. The van der Waals surface area contributed by atoms with E-state index < -0.39 is 17.9 Å². The van der Waals surface area contributed by atoms with Crippen LogP contribution in [0.3, 0.4) is 0 Å². The molecule has 0 aliphatic rings. The lowest BCUT2D eigenvalue weighted by molar-refractivity contribution is -0.139. The Kier molecular flexibility index (Phi) is 6.87.